The van der Waals surface area contributed by atoms with Crippen molar-refractivity contribution in [1.82, 2.24) is 5.32 Å². The van der Waals surface area contributed by atoms with Gasteiger partial charge in [-0.3, -0.25) is 0 Å². The van der Waals surface area contributed by atoms with E-state index in [2.05, 4.69) is 19.2 Å². The second-order valence-corrected chi connectivity index (χ2v) is 5.11. The van der Waals surface area contributed by atoms with Crippen LogP contribution in [0, 0.1) is 17.8 Å². The third-order valence-electron chi connectivity index (χ3n) is 3.92. The van der Waals surface area contributed by atoms with Crippen LogP contribution in [0.25, 0.3) is 0 Å². The summed E-state index contributed by atoms with van der Waals surface area (Å²) in [5.74, 6) is 1.88. The predicted octanol–water partition coefficient (Wildman–Crippen LogP) is 1.28. The molecule has 0 saturated carbocycles. The van der Waals surface area contributed by atoms with Gasteiger partial charge in [-0.05, 0) is 25.9 Å². The molecule has 3 heteroatoms. The summed E-state index contributed by atoms with van der Waals surface area (Å²) in [6, 6.07) is 0. The minimum absolute atomic E-state index is 0.367. The molecule has 0 aromatic carbocycles. The highest BCUT2D eigenvalue weighted by Gasteiger charge is 2.47. The zero-order valence-electron chi connectivity index (χ0n) is 10.0. The van der Waals surface area contributed by atoms with E-state index in [1.165, 1.54) is 6.42 Å². The lowest BCUT2D eigenvalue weighted by Gasteiger charge is -2.22. The predicted molar refractivity (Wildman–Crippen MR) is 59.8 cm³/mol. The Morgan fingerprint density at radius 1 is 1.27 bits per heavy atom. The molecule has 0 amide bonds. The van der Waals surface area contributed by atoms with Crippen molar-refractivity contribution in [3.8, 4) is 0 Å². The molecule has 2 aliphatic heterocycles. The summed E-state index contributed by atoms with van der Waals surface area (Å²) >= 11 is 0. The van der Waals surface area contributed by atoms with E-state index in [0.29, 0.717) is 30.0 Å². The highest BCUT2D eigenvalue weighted by atomic mass is 16.6. The van der Waals surface area contributed by atoms with Gasteiger partial charge in [0.1, 0.15) is 0 Å². The Morgan fingerprint density at radius 3 is 2.73 bits per heavy atom. The molecule has 0 spiro atoms. The molecule has 0 aromatic rings. The second kappa shape index (κ2) is 4.81. The molecular weight excluding hydrogens is 190 g/mol. The van der Waals surface area contributed by atoms with E-state index >= 15 is 0 Å². The third-order valence-corrected chi connectivity index (χ3v) is 3.92. The Hall–Kier alpha value is -0.120. The fraction of sp³-hybridized carbons (Fsp3) is 1.00. The van der Waals surface area contributed by atoms with Crippen molar-refractivity contribution < 1.29 is 9.47 Å². The van der Waals surface area contributed by atoms with Crippen molar-refractivity contribution >= 4 is 0 Å². The van der Waals surface area contributed by atoms with Crippen LogP contribution in [-0.4, -0.2) is 39.0 Å². The third kappa shape index (κ3) is 2.19. The summed E-state index contributed by atoms with van der Waals surface area (Å²) in [5, 5.41) is 3.21. The molecule has 0 aliphatic carbocycles. The lowest BCUT2D eigenvalue weighted by Crippen LogP contribution is -2.30. The number of hydrogen-bond donors (Lipinski definition) is 1. The summed E-state index contributed by atoms with van der Waals surface area (Å²) in [6.45, 7) is 7.41. The Labute approximate surface area is 92.5 Å². The van der Waals surface area contributed by atoms with Crippen molar-refractivity contribution in [3.05, 3.63) is 0 Å². The molecule has 2 fully saturated rings. The molecule has 1 unspecified atom stereocenters. The van der Waals surface area contributed by atoms with E-state index in [4.69, 9.17) is 9.47 Å². The summed E-state index contributed by atoms with van der Waals surface area (Å²) < 4.78 is 11.7. The van der Waals surface area contributed by atoms with Crippen LogP contribution in [0.2, 0.25) is 0 Å². The minimum Gasteiger partial charge on any atom is -0.375 e. The van der Waals surface area contributed by atoms with E-state index in [1.807, 2.05) is 7.05 Å². The highest BCUT2D eigenvalue weighted by Crippen LogP contribution is 2.38. The number of hydrogen-bond acceptors (Lipinski definition) is 3. The average Bonchev–Trinajstić information content (AvgIpc) is 2.78. The van der Waals surface area contributed by atoms with Gasteiger partial charge in [0.15, 0.2) is 0 Å². The largest absolute Gasteiger partial charge is 0.375 e. The number of ether oxygens (including phenoxy) is 2. The van der Waals surface area contributed by atoms with Gasteiger partial charge < -0.3 is 14.8 Å². The molecule has 0 bridgehead atoms. The Balaban J connectivity index is 1.88. The molecule has 3 nitrogen and oxygen atoms in total. The Morgan fingerprint density at radius 2 is 2.00 bits per heavy atom. The van der Waals surface area contributed by atoms with Crippen LogP contribution in [0.3, 0.4) is 0 Å². The number of fused-ring (bicyclic) bond motifs is 1. The standard InChI is InChI=1S/C12H23NO2/c1-8(4-5-13-3)10-7-15-11-9(2)6-14-12(10)11/h8-13H,4-7H2,1-3H3/t8?,9-,10+,11-,12-/m1/s1. The van der Waals surface area contributed by atoms with Crippen LogP contribution in [0.4, 0.5) is 0 Å². The summed E-state index contributed by atoms with van der Waals surface area (Å²) in [7, 11) is 2.01. The minimum atomic E-state index is 0.367. The van der Waals surface area contributed by atoms with Crippen molar-refractivity contribution in [2.24, 2.45) is 17.8 Å². The van der Waals surface area contributed by atoms with Crippen molar-refractivity contribution in [3.63, 3.8) is 0 Å². The first kappa shape index (κ1) is 11.4. The molecule has 88 valence electrons. The molecule has 2 heterocycles. The Bertz CT molecular complexity index is 210. The van der Waals surface area contributed by atoms with Gasteiger partial charge in [0.2, 0.25) is 0 Å². The van der Waals surface area contributed by atoms with Crippen molar-refractivity contribution in [2.45, 2.75) is 32.5 Å². The first-order valence-corrected chi connectivity index (χ1v) is 6.12. The maximum absolute atomic E-state index is 5.86. The monoisotopic (exact) mass is 213 g/mol. The van der Waals surface area contributed by atoms with E-state index in [9.17, 15) is 0 Å². The topological polar surface area (TPSA) is 30.5 Å². The molecule has 1 N–H and O–H groups in total. The smallest absolute Gasteiger partial charge is 0.0892 e. The first-order chi connectivity index (χ1) is 7.24. The van der Waals surface area contributed by atoms with Crippen LogP contribution in [0.5, 0.6) is 0 Å². The Kier molecular flexibility index (Phi) is 3.65. The summed E-state index contributed by atoms with van der Waals surface area (Å²) in [6.07, 6.45) is 1.95. The van der Waals surface area contributed by atoms with Crippen molar-refractivity contribution in [2.75, 3.05) is 26.8 Å². The SMILES string of the molecule is CNCCC(C)[C@@H]1CO[C@H]2[C@@H]1OC[C@H]2C. The van der Waals surface area contributed by atoms with Gasteiger partial charge in [-0.1, -0.05) is 13.8 Å². The first-order valence-electron chi connectivity index (χ1n) is 6.12. The quantitative estimate of drug-likeness (QED) is 0.763. The van der Waals surface area contributed by atoms with Crippen LogP contribution < -0.4 is 5.32 Å². The zero-order chi connectivity index (χ0) is 10.8. The highest BCUT2D eigenvalue weighted by molar-refractivity contribution is 4.94. The molecular formula is C12H23NO2. The van der Waals surface area contributed by atoms with E-state index in [-0.39, 0.29) is 0 Å². The fourth-order valence-corrected chi connectivity index (χ4v) is 2.79. The van der Waals surface area contributed by atoms with Crippen LogP contribution in [0.1, 0.15) is 20.3 Å². The van der Waals surface area contributed by atoms with Gasteiger partial charge in [-0.15, -0.1) is 0 Å². The number of rotatable bonds is 4. The van der Waals surface area contributed by atoms with Gasteiger partial charge in [0.05, 0.1) is 25.4 Å². The molecule has 2 rings (SSSR count). The van der Waals surface area contributed by atoms with Crippen LogP contribution in [-0.2, 0) is 9.47 Å². The maximum Gasteiger partial charge on any atom is 0.0892 e. The maximum atomic E-state index is 5.86. The fourth-order valence-electron chi connectivity index (χ4n) is 2.79. The van der Waals surface area contributed by atoms with E-state index in [1.54, 1.807) is 0 Å². The summed E-state index contributed by atoms with van der Waals surface area (Å²) in [5.41, 5.74) is 0. The normalized spacial score (nSPS) is 41.8. The average molecular weight is 213 g/mol. The molecule has 0 radical (unpaired) electrons. The van der Waals surface area contributed by atoms with Gasteiger partial charge in [0.25, 0.3) is 0 Å². The molecule has 15 heavy (non-hydrogen) atoms. The summed E-state index contributed by atoms with van der Waals surface area (Å²) in [4.78, 5) is 0. The number of nitrogens with one attached hydrogen (secondary N) is 1. The van der Waals surface area contributed by atoms with E-state index < -0.39 is 0 Å². The molecule has 2 aliphatic rings. The second-order valence-electron chi connectivity index (χ2n) is 5.11. The van der Waals surface area contributed by atoms with Gasteiger partial charge in [0, 0.05) is 11.8 Å². The molecule has 5 atom stereocenters. The molecule has 0 aromatic heterocycles. The van der Waals surface area contributed by atoms with Gasteiger partial charge in [-0.2, -0.15) is 0 Å². The molecule has 2 saturated heterocycles. The van der Waals surface area contributed by atoms with Crippen LogP contribution in [0.15, 0.2) is 0 Å². The van der Waals surface area contributed by atoms with Gasteiger partial charge in [-0.25, -0.2) is 0 Å². The lowest BCUT2D eigenvalue weighted by molar-refractivity contribution is 0.0521. The zero-order valence-corrected chi connectivity index (χ0v) is 10.0. The van der Waals surface area contributed by atoms with Gasteiger partial charge >= 0.3 is 0 Å². The van der Waals surface area contributed by atoms with E-state index in [0.717, 1.165) is 19.8 Å². The van der Waals surface area contributed by atoms with Crippen LogP contribution >= 0.6 is 0 Å². The van der Waals surface area contributed by atoms with Crippen molar-refractivity contribution in [1.29, 1.82) is 0 Å². The lowest BCUT2D eigenvalue weighted by atomic mass is 9.86.